The lowest BCUT2D eigenvalue weighted by molar-refractivity contribution is 0.0803. The third-order valence-electron chi connectivity index (χ3n) is 2.28. The molecule has 0 saturated carbocycles. The van der Waals surface area contributed by atoms with Gasteiger partial charge in [0.2, 0.25) is 10.0 Å². The normalized spacial score (nSPS) is 11.1. The fourth-order valence-corrected chi connectivity index (χ4v) is 2.30. The van der Waals surface area contributed by atoms with Crippen LogP contribution in [0, 0.1) is 0 Å². The molecule has 0 unspecified atom stereocenters. The Morgan fingerprint density at radius 3 is 2.44 bits per heavy atom. The van der Waals surface area contributed by atoms with Gasteiger partial charge in [0.15, 0.2) is 0 Å². The van der Waals surface area contributed by atoms with Gasteiger partial charge in [0.1, 0.15) is 0 Å². The van der Waals surface area contributed by atoms with Gasteiger partial charge >= 0.3 is 0 Å². The summed E-state index contributed by atoms with van der Waals surface area (Å²) in [5, 5.41) is 5.08. The van der Waals surface area contributed by atoms with Gasteiger partial charge in [0, 0.05) is 13.6 Å². The van der Waals surface area contributed by atoms with Crippen molar-refractivity contribution in [1.82, 2.24) is 4.90 Å². The molecule has 0 fully saturated rings. The predicted octanol–water partition coefficient (Wildman–Crippen LogP) is 0.982. The molecule has 1 aromatic rings. The van der Waals surface area contributed by atoms with Crippen LogP contribution in [0.3, 0.4) is 0 Å². The first-order valence-corrected chi connectivity index (χ1v) is 6.80. The molecule has 0 aromatic heterocycles. The van der Waals surface area contributed by atoms with Crippen molar-refractivity contribution in [3.8, 4) is 0 Å². The number of hydrogen-bond donors (Lipinski definition) is 1. The lowest BCUT2D eigenvalue weighted by Gasteiger charge is -2.18. The van der Waals surface area contributed by atoms with Crippen molar-refractivity contribution in [2.45, 2.75) is 11.8 Å². The first-order chi connectivity index (χ1) is 8.23. The van der Waals surface area contributed by atoms with Crippen molar-refractivity contribution in [3.05, 3.63) is 42.0 Å². The highest BCUT2D eigenvalue weighted by molar-refractivity contribution is 7.89. The van der Waals surface area contributed by atoms with E-state index >= 15 is 0 Å². The minimum absolute atomic E-state index is 0.0729. The van der Waals surface area contributed by atoms with Crippen molar-refractivity contribution in [2.75, 3.05) is 13.6 Å². The average Bonchev–Trinajstić information content (AvgIpc) is 2.26. The molecule has 2 N–H and O–H groups in total. The molecule has 0 aliphatic rings. The topological polar surface area (TPSA) is 80.5 Å². The maximum absolute atomic E-state index is 12.1. The second kappa shape index (κ2) is 5.32. The van der Waals surface area contributed by atoms with E-state index < -0.39 is 15.9 Å². The summed E-state index contributed by atoms with van der Waals surface area (Å²) >= 11 is 0. The lowest BCUT2D eigenvalue weighted by atomic mass is 10.2. The molecule has 0 saturated heterocycles. The van der Waals surface area contributed by atoms with E-state index in [1.54, 1.807) is 20.0 Å². The molecule has 1 amide bonds. The Balaban J connectivity index is 3.18. The van der Waals surface area contributed by atoms with Crippen LogP contribution in [0.15, 0.2) is 41.3 Å². The molecular formula is C12H16N2O3S. The number of primary sulfonamides is 1. The number of nitrogens with two attached hydrogens (primary N) is 1. The Hall–Kier alpha value is -1.66. The monoisotopic (exact) mass is 268 g/mol. The number of nitrogens with zero attached hydrogens (tertiary/aromatic N) is 1. The second-order valence-corrected chi connectivity index (χ2v) is 5.69. The van der Waals surface area contributed by atoms with Crippen LogP contribution < -0.4 is 5.14 Å². The summed E-state index contributed by atoms with van der Waals surface area (Å²) in [5.41, 5.74) is 0.877. The molecule has 0 heterocycles. The minimum Gasteiger partial charge on any atom is -0.338 e. The quantitative estimate of drug-likeness (QED) is 0.827. The van der Waals surface area contributed by atoms with Crippen LogP contribution in [0.5, 0.6) is 0 Å². The molecule has 5 nitrogen and oxygen atoms in total. The number of benzene rings is 1. The molecule has 18 heavy (non-hydrogen) atoms. The highest BCUT2D eigenvalue weighted by atomic mass is 32.2. The number of carbonyl (C=O) groups is 1. The number of carbonyl (C=O) groups excluding carboxylic acids is 1. The molecule has 0 spiro atoms. The van der Waals surface area contributed by atoms with E-state index in [2.05, 4.69) is 6.58 Å². The van der Waals surface area contributed by atoms with E-state index in [-0.39, 0.29) is 10.5 Å². The van der Waals surface area contributed by atoms with Crippen LogP contribution in [0.4, 0.5) is 0 Å². The first-order valence-electron chi connectivity index (χ1n) is 5.25. The third kappa shape index (κ3) is 3.41. The van der Waals surface area contributed by atoms with E-state index in [1.165, 1.54) is 23.1 Å². The zero-order valence-corrected chi connectivity index (χ0v) is 11.2. The Bertz CT molecular complexity index is 579. The highest BCUT2D eigenvalue weighted by Gasteiger charge is 2.21. The number of amides is 1. The molecule has 0 aliphatic heterocycles. The zero-order chi connectivity index (χ0) is 13.9. The second-order valence-electron chi connectivity index (χ2n) is 4.16. The molecule has 0 bridgehead atoms. The van der Waals surface area contributed by atoms with Gasteiger partial charge < -0.3 is 4.90 Å². The van der Waals surface area contributed by atoms with Crippen molar-refractivity contribution in [3.63, 3.8) is 0 Å². The Morgan fingerprint density at radius 1 is 1.39 bits per heavy atom. The highest BCUT2D eigenvalue weighted by Crippen LogP contribution is 2.15. The summed E-state index contributed by atoms with van der Waals surface area (Å²) in [6.07, 6.45) is 0. The molecule has 0 radical (unpaired) electrons. The average molecular weight is 268 g/mol. The third-order valence-corrected chi connectivity index (χ3v) is 3.25. The maximum atomic E-state index is 12.1. The van der Waals surface area contributed by atoms with Gasteiger partial charge in [-0.15, -0.1) is 0 Å². The van der Waals surface area contributed by atoms with Gasteiger partial charge in [-0.05, 0) is 19.1 Å². The molecule has 1 rings (SSSR count). The van der Waals surface area contributed by atoms with Gasteiger partial charge in [-0.3, -0.25) is 4.79 Å². The summed E-state index contributed by atoms with van der Waals surface area (Å²) in [6.45, 7) is 5.85. The fourth-order valence-electron chi connectivity index (χ4n) is 1.57. The molecular weight excluding hydrogens is 252 g/mol. The predicted molar refractivity (Wildman–Crippen MR) is 69.6 cm³/mol. The number of hydrogen-bond acceptors (Lipinski definition) is 3. The molecule has 0 aliphatic carbocycles. The van der Waals surface area contributed by atoms with E-state index in [4.69, 9.17) is 5.14 Å². The summed E-state index contributed by atoms with van der Waals surface area (Å²) in [6, 6.07) is 5.87. The fraction of sp³-hybridized carbons (Fsp3) is 0.250. The van der Waals surface area contributed by atoms with Crippen molar-refractivity contribution in [2.24, 2.45) is 5.14 Å². The number of likely N-dealkylation sites (N-methyl/N-ethyl adjacent to an activating group) is 1. The SMILES string of the molecule is C=C(C)CN(C)C(=O)c1ccccc1S(N)(=O)=O. The summed E-state index contributed by atoms with van der Waals surface area (Å²) < 4.78 is 22.8. The van der Waals surface area contributed by atoms with Crippen LogP contribution in [-0.4, -0.2) is 32.8 Å². The zero-order valence-electron chi connectivity index (χ0n) is 10.4. The van der Waals surface area contributed by atoms with Crippen molar-refractivity contribution < 1.29 is 13.2 Å². The maximum Gasteiger partial charge on any atom is 0.255 e. The van der Waals surface area contributed by atoms with Gasteiger partial charge in [0.25, 0.3) is 5.91 Å². The minimum atomic E-state index is -3.91. The van der Waals surface area contributed by atoms with E-state index in [0.29, 0.717) is 6.54 Å². The van der Waals surface area contributed by atoms with Gasteiger partial charge in [0.05, 0.1) is 10.5 Å². The molecule has 6 heteroatoms. The van der Waals surface area contributed by atoms with Crippen LogP contribution in [-0.2, 0) is 10.0 Å². The summed E-state index contributed by atoms with van der Waals surface area (Å²) in [7, 11) is -2.33. The molecule has 0 atom stereocenters. The summed E-state index contributed by atoms with van der Waals surface area (Å²) in [4.78, 5) is 13.3. The van der Waals surface area contributed by atoms with E-state index in [0.717, 1.165) is 5.57 Å². The Labute approximate surface area is 107 Å². The van der Waals surface area contributed by atoms with Crippen LogP contribution in [0.2, 0.25) is 0 Å². The molecule has 98 valence electrons. The Kier molecular flexibility index (Phi) is 4.26. The Morgan fingerprint density at radius 2 is 1.94 bits per heavy atom. The summed E-state index contributed by atoms with van der Waals surface area (Å²) in [5.74, 6) is -0.400. The largest absolute Gasteiger partial charge is 0.338 e. The van der Waals surface area contributed by atoms with Gasteiger partial charge in [-0.2, -0.15) is 0 Å². The first kappa shape index (κ1) is 14.4. The van der Waals surface area contributed by atoms with Crippen LogP contribution >= 0.6 is 0 Å². The van der Waals surface area contributed by atoms with Crippen LogP contribution in [0.25, 0.3) is 0 Å². The standard InChI is InChI=1S/C12H16N2O3S/c1-9(2)8-14(3)12(15)10-6-4-5-7-11(10)18(13,16)17/h4-7H,1,8H2,2-3H3,(H2,13,16,17). The van der Waals surface area contributed by atoms with E-state index in [9.17, 15) is 13.2 Å². The number of sulfonamides is 1. The van der Waals surface area contributed by atoms with E-state index in [1.807, 2.05) is 0 Å². The molecule has 1 aromatic carbocycles. The number of rotatable bonds is 4. The lowest BCUT2D eigenvalue weighted by Crippen LogP contribution is -2.30. The van der Waals surface area contributed by atoms with Gasteiger partial charge in [-0.1, -0.05) is 24.3 Å². The van der Waals surface area contributed by atoms with Crippen molar-refractivity contribution in [1.29, 1.82) is 0 Å². The van der Waals surface area contributed by atoms with Gasteiger partial charge in [-0.25, -0.2) is 13.6 Å². The smallest absolute Gasteiger partial charge is 0.255 e. The van der Waals surface area contributed by atoms with Crippen LogP contribution in [0.1, 0.15) is 17.3 Å². The van der Waals surface area contributed by atoms with Crippen molar-refractivity contribution >= 4 is 15.9 Å².